The molecule has 1 heterocycles. The van der Waals surface area contributed by atoms with Gasteiger partial charge in [0.05, 0.1) is 6.61 Å². The topological polar surface area (TPSA) is 29.5 Å². The fraction of sp³-hybridized carbons (Fsp3) is 1.00. The molecule has 2 rings (SSSR count). The van der Waals surface area contributed by atoms with Crippen molar-refractivity contribution in [3.63, 3.8) is 0 Å². The molecule has 0 radical (unpaired) electrons. The Morgan fingerprint density at radius 1 is 1.17 bits per heavy atom. The van der Waals surface area contributed by atoms with Crippen LogP contribution in [-0.4, -0.2) is 18.0 Å². The lowest BCUT2D eigenvalue weighted by molar-refractivity contribution is -0.195. The van der Waals surface area contributed by atoms with E-state index in [1.807, 2.05) is 0 Å². The molecule has 0 spiro atoms. The Bertz CT molecular complexity index is 169. The molecule has 2 aliphatic rings. The molecule has 70 valence electrons. The summed E-state index contributed by atoms with van der Waals surface area (Å²) in [6.07, 6.45) is 2.07. The van der Waals surface area contributed by atoms with Gasteiger partial charge in [-0.2, -0.15) is 0 Å². The highest BCUT2D eigenvalue weighted by molar-refractivity contribution is 4.89. The minimum absolute atomic E-state index is 0.411. The first-order valence-corrected chi connectivity index (χ1v) is 5.00. The normalized spacial score (nSPS) is 53.8. The average Bonchev–Trinajstić information content (AvgIpc) is 2.42. The van der Waals surface area contributed by atoms with Gasteiger partial charge in [0.25, 0.3) is 0 Å². The number of hydrogen-bond acceptors (Lipinski definition) is 2. The molecule has 1 saturated heterocycles. The van der Waals surface area contributed by atoms with Crippen molar-refractivity contribution in [1.29, 1.82) is 0 Å². The summed E-state index contributed by atoms with van der Waals surface area (Å²) in [6, 6.07) is 0. The molecule has 0 aromatic heterocycles. The second kappa shape index (κ2) is 3.00. The average molecular weight is 170 g/mol. The zero-order valence-electron chi connectivity index (χ0n) is 7.86. The third kappa shape index (κ3) is 1.17. The lowest BCUT2D eigenvalue weighted by Gasteiger charge is -2.37. The van der Waals surface area contributed by atoms with Gasteiger partial charge in [-0.05, 0) is 30.6 Å². The zero-order valence-corrected chi connectivity index (χ0v) is 7.86. The van der Waals surface area contributed by atoms with Crippen molar-refractivity contribution in [3.8, 4) is 0 Å². The Morgan fingerprint density at radius 2 is 1.92 bits per heavy atom. The first-order chi connectivity index (χ1) is 5.70. The zero-order chi connectivity index (χ0) is 8.72. The molecule has 1 aliphatic heterocycles. The van der Waals surface area contributed by atoms with Gasteiger partial charge < -0.3 is 9.84 Å². The molecule has 1 aliphatic carbocycles. The highest BCUT2D eigenvalue weighted by Gasteiger charge is 2.44. The second-order valence-corrected chi connectivity index (χ2v) is 4.50. The maximum atomic E-state index is 9.65. The van der Waals surface area contributed by atoms with Gasteiger partial charge in [0.1, 0.15) is 0 Å². The Morgan fingerprint density at radius 3 is 2.58 bits per heavy atom. The van der Waals surface area contributed by atoms with E-state index in [1.54, 1.807) is 0 Å². The van der Waals surface area contributed by atoms with E-state index in [-0.39, 0.29) is 0 Å². The molecule has 12 heavy (non-hydrogen) atoms. The molecular formula is C10H18O2. The molecule has 0 aromatic rings. The number of aliphatic hydroxyl groups excluding tert-OH is 1. The summed E-state index contributed by atoms with van der Waals surface area (Å²) in [7, 11) is 0. The molecule has 1 N–H and O–H groups in total. The third-order valence-electron chi connectivity index (χ3n) is 3.70. The summed E-state index contributed by atoms with van der Waals surface area (Å²) < 4.78 is 5.33. The Labute approximate surface area is 73.9 Å². The summed E-state index contributed by atoms with van der Waals surface area (Å²) in [4.78, 5) is 0. The van der Waals surface area contributed by atoms with Gasteiger partial charge in [0, 0.05) is 5.92 Å². The van der Waals surface area contributed by atoms with Crippen LogP contribution in [0, 0.1) is 23.7 Å². The molecule has 2 fully saturated rings. The fourth-order valence-electron chi connectivity index (χ4n) is 2.90. The van der Waals surface area contributed by atoms with Gasteiger partial charge in [0.2, 0.25) is 0 Å². The minimum atomic E-state index is -0.483. The number of aliphatic hydroxyl groups is 1. The Balaban J connectivity index is 2.13. The lowest BCUT2D eigenvalue weighted by atomic mass is 9.80. The highest BCUT2D eigenvalue weighted by Crippen LogP contribution is 2.45. The van der Waals surface area contributed by atoms with Crippen molar-refractivity contribution in [2.75, 3.05) is 6.61 Å². The van der Waals surface area contributed by atoms with Crippen molar-refractivity contribution in [1.82, 2.24) is 0 Å². The van der Waals surface area contributed by atoms with Crippen LogP contribution in [0.3, 0.4) is 0 Å². The van der Waals surface area contributed by atoms with Gasteiger partial charge in [-0.15, -0.1) is 0 Å². The van der Waals surface area contributed by atoms with E-state index in [0.717, 1.165) is 6.61 Å². The predicted octanol–water partition coefficient (Wildman–Crippen LogP) is 1.63. The Hall–Kier alpha value is -0.0800. The minimum Gasteiger partial charge on any atom is -0.368 e. The van der Waals surface area contributed by atoms with Crippen LogP contribution in [0.25, 0.3) is 0 Å². The van der Waals surface area contributed by atoms with E-state index >= 15 is 0 Å². The van der Waals surface area contributed by atoms with Crippen LogP contribution in [0.4, 0.5) is 0 Å². The van der Waals surface area contributed by atoms with E-state index in [0.29, 0.717) is 23.7 Å². The molecule has 2 nitrogen and oxygen atoms in total. The monoisotopic (exact) mass is 170 g/mol. The van der Waals surface area contributed by atoms with E-state index in [2.05, 4.69) is 13.8 Å². The molecule has 0 bridgehead atoms. The van der Waals surface area contributed by atoms with Crippen LogP contribution in [0.5, 0.6) is 0 Å². The molecular weight excluding hydrogens is 152 g/mol. The molecule has 1 saturated carbocycles. The summed E-state index contributed by atoms with van der Waals surface area (Å²) in [5.41, 5.74) is 0. The fourth-order valence-corrected chi connectivity index (χ4v) is 2.90. The molecule has 2 heteroatoms. The quantitative estimate of drug-likeness (QED) is 0.598. The standard InChI is InChI=1S/C10H18O2/c1-6-3-4-8-7(2)5-12-10(11)9(6)8/h6-11H,3-5H2,1-2H3/t6-,7+,8-,9+,10-/m1/s1. The molecule has 5 atom stereocenters. The van der Waals surface area contributed by atoms with Crippen LogP contribution in [0.2, 0.25) is 0 Å². The van der Waals surface area contributed by atoms with E-state index in [1.165, 1.54) is 12.8 Å². The van der Waals surface area contributed by atoms with Crippen LogP contribution >= 0.6 is 0 Å². The third-order valence-corrected chi connectivity index (χ3v) is 3.70. The lowest BCUT2D eigenvalue weighted by Crippen LogP contribution is -2.40. The maximum absolute atomic E-state index is 9.65. The predicted molar refractivity (Wildman–Crippen MR) is 46.5 cm³/mol. The Kier molecular flexibility index (Phi) is 2.13. The van der Waals surface area contributed by atoms with E-state index in [4.69, 9.17) is 4.74 Å². The number of rotatable bonds is 0. The smallest absolute Gasteiger partial charge is 0.157 e. The SMILES string of the molecule is C[C@@H]1CC[C@H]2[C@H]1[C@H](O)OC[C@@H]2C. The van der Waals surface area contributed by atoms with Crippen molar-refractivity contribution in [2.45, 2.75) is 33.0 Å². The summed E-state index contributed by atoms with van der Waals surface area (Å²) in [5, 5.41) is 9.65. The summed E-state index contributed by atoms with van der Waals surface area (Å²) in [5.74, 6) is 2.41. The molecule has 0 unspecified atom stereocenters. The van der Waals surface area contributed by atoms with Crippen LogP contribution in [0.1, 0.15) is 26.7 Å². The summed E-state index contributed by atoms with van der Waals surface area (Å²) in [6.45, 7) is 5.21. The van der Waals surface area contributed by atoms with E-state index in [9.17, 15) is 5.11 Å². The van der Waals surface area contributed by atoms with Crippen LogP contribution in [-0.2, 0) is 4.74 Å². The van der Waals surface area contributed by atoms with Gasteiger partial charge >= 0.3 is 0 Å². The van der Waals surface area contributed by atoms with Gasteiger partial charge in [-0.25, -0.2) is 0 Å². The van der Waals surface area contributed by atoms with Crippen LogP contribution in [0.15, 0.2) is 0 Å². The molecule has 0 amide bonds. The van der Waals surface area contributed by atoms with Gasteiger partial charge in [0.15, 0.2) is 6.29 Å². The van der Waals surface area contributed by atoms with Gasteiger partial charge in [-0.3, -0.25) is 0 Å². The highest BCUT2D eigenvalue weighted by atomic mass is 16.6. The first kappa shape index (κ1) is 8.52. The molecule has 0 aromatic carbocycles. The maximum Gasteiger partial charge on any atom is 0.157 e. The van der Waals surface area contributed by atoms with Crippen molar-refractivity contribution < 1.29 is 9.84 Å². The number of fused-ring (bicyclic) bond motifs is 1. The first-order valence-electron chi connectivity index (χ1n) is 5.00. The van der Waals surface area contributed by atoms with Crippen molar-refractivity contribution in [3.05, 3.63) is 0 Å². The number of ether oxygens (including phenoxy) is 1. The van der Waals surface area contributed by atoms with Crippen molar-refractivity contribution in [2.24, 2.45) is 23.7 Å². The van der Waals surface area contributed by atoms with Crippen LogP contribution < -0.4 is 0 Å². The van der Waals surface area contributed by atoms with Gasteiger partial charge in [-0.1, -0.05) is 13.8 Å². The van der Waals surface area contributed by atoms with E-state index < -0.39 is 6.29 Å². The van der Waals surface area contributed by atoms with Crippen molar-refractivity contribution >= 4 is 0 Å². The summed E-state index contributed by atoms with van der Waals surface area (Å²) >= 11 is 0. The largest absolute Gasteiger partial charge is 0.368 e. The number of hydrogen-bond donors (Lipinski definition) is 1. The second-order valence-electron chi connectivity index (χ2n) is 4.50.